The number of para-hydroxylation sites is 1. The molecule has 0 saturated heterocycles. The molecule has 2 atom stereocenters. The molecule has 0 aromatic heterocycles. The number of ether oxygens (including phenoxy) is 2. The van der Waals surface area contributed by atoms with E-state index in [0.29, 0.717) is 22.9 Å². The molecule has 2 unspecified atom stereocenters. The minimum absolute atomic E-state index is 0.107. The quantitative estimate of drug-likeness (QED) is 0.533. The maximum Gasteiger partial charge on any atom is 0.243 e. The van der Waals surface area contributed by atoms with E-state index in [2.05, 4.69) is 10.6 Å². The van der Waals surface area contributed by atoms with Crippen LogP contribution >= 0.6 is 0 Å². The number of fused-ring (bicyclic) bond motifs is 1. The molecule has 9 nitrogen and oxygen atoms in total. The van der Waals surface area contributed by atoms with E-state index in [1.165, 1.54) is 11.3 Å². The number of nitrogens with zero attached hydrogens (tertiary/aromatic N) is 1. The molecule has 2 N–H and O–H groups in total. The fourth-order valence-electron chi connectivity index (χ4n) is 4.43. The van der Waals surface area contributed by atoms with Gasteiger partial charge in [-0.3, -0.25) is 23.5 Å². The van der Waals surface area contributed by atoms with E-state index >= 15 is 0 Å². The van der Waals surface area contributed by atoms with E-state index in [9.17, 15) is 18.6 Å². The van der Waals surface area contributed by atoms with Crippen molar-refractivity contribution in [2.24, 2.45) is 0 Å². The van der Waals surface area contributed by atoms with Gasteiger partial charge in [0.15, 0.2) is 11.5 Å². The van der Waals surface area contributed by atoms with Crippen LogP contribution in [0.5, 0.6) is 11.5 Å². The summed E-state index contributed by atoms with van der Waals surface area (Å²) in [4.78, 5) is 40.1. The highest BCUT2D eigenvalue weighted by Crippen LogP contribution is 2.34. The summed E-state index contributed by atoms with van der Waals surface area (Å²) < 4.78 is 23.3. The summed E-state index contributed by atoms with van der Waals surface area (Å²) >= 11 is 0. The Balaban J connectivity index is 1.37. The largest absolute Gasteiger partial charge is 0.454 e. The van der Waals surface area contributed by atoms with Crippen molar-refractivity contribution in [2.75, 3.05) is 28.5 Å². The van der Waals surface area contributed by atoms with Crippen LogP contribution < -0.4 is 25.0 Å². The molecule has 1 aliphatic carbocycles. The van der Waals surface area contributed by atoms with Gasteiger partial charge in [-0.1, -0.05) is 37.5 Å². The number of carbonyl (C=O) groups excluding carboxylic acids is 3. The van der Waals surface area contributed by atoms with E-state index in [1.54, 1.807) is 49.4 Å². The average molecular weight is 514 g/mol. The highest BCUT2D eigenvalue weighted by atomic mass is 32.2. The fraction of sp³-hybridized carbons (Fsp3) is 0.423. The molecule has 10 heteroatoms. The Labute approximate surface area is 213 Å². The van der Waals surface area contributed by atoms with Crippen molar-refractivity contribution in [1.82, 2.24) is 5.32 Å². The van der Waals surface area contributed by atoms with Gasteiger partial charge in [0.25, 0.3) is 0 Å². The Morgan fingerprint density at radius 2 is 1.72 bits per heavy atom. The van der Waals surface area contributed by atoms with Gasteiger partial charge >= 0.3 is 0 Å². The molecule has 1 aliphatic heterocycles. The van der Waals surface area contributed by atoms with Crippen molar-refractivity contribution in [2.45, 2.75) is 51.1 Å². The van der Waals surface area contributed by atoms with Crippen LogP contribution in [-0.4, -0.2) is 52.3 Å². The van der Waals surface area contributed by atoms with Gasteiger partial charge in [-0.05, 0) is 44.0 Å². The molecule has 3 amide bonds. The summed E-state index contributed by atoms with van der Waals surface area (Å²) in [6.07, 6.45) is 5.19. The summed E-state index contributed by atoms with van der Waals surface area (Å²) in [7, 11) is -1.77. The monoisotopic (exact) mass is 513 g/mol. The normalized spacial score (nSPS) is 16.6. The second-order valence-corrected chi connectivity index (χ2v) is 10.4. The minimum Gasteiger partial charge on any atom is -0.454 e. The smallest absolute Gasteiger partial charge is 0.243 e. The lowest BCUT2D eigenvalue weighted by Gasteiger charge is -2.31. The van der Waals surface area contributed by atoms with Crippen molar-refractivity contribution in [1.29, 1.82) is 0 Å². The summed E-state index contributed by atoms with van der Waals surface area (Å²) in [6.45, 7) is 1.78. The van der Waals surface area contributed by atoms with E-state index < -0.39 is 28.7 Å². The van der Waals surface area contributed by atoms with Crippen molar-refractivity contribution in [3.05, 3.63) is 48.5 Å². The molecule has 2 aromatic carbocycles. The first kappa shape index (κ1) is 25.7. The van der Waals surface area contributed by atoms with Crippen molar-refractivity contribution in [3.8, 4) is 11.5 Å². The standard InChI is InChI=1S/C26H31N3O6S/c1-18(26(32)28-19-8-4-2-5-9-19)29(21-10-6-3-7-11-21)25(31)16-36(33)15-24(30)27-20-12-13-22-23(14-20)35-17-34-22/h3,6-7,10-14,18-19H,2,4-5,8-9,15-17H2,1H3,(H,27,30)(H,28,32). The summed E-state index contributed by atoms with van der Waals surface area (Å²) in [6, 6.07) is 13.1. The maximum atomic E-state index is 13.3. The van der Waals surface area contributed by atoms with E-state index in [1.807, 2.05) is 6.07 Å². The van der Waals surface area contributed by atoms with Crippen molar-refractivity contribution >= 4 is 39.9 Å². The predicted molar refractivity (Wildman–Crippen MR) is 137 cm³/mol. The number of amides is 3. The van der Waals surface area contributed by atoms with Gasteiger partial charge in [0.05, 0.1) is 0 Å². The van der Waals surface area contributed by atoms with Gasteiger partial charge in [-0.2, -0.15) is 0 Å². The zero-order chi connectivity index (χ0) is 25.5. The highest BCUT2D eigenvalue weighted by Gasteiger charge is 2.30. The molecule has 36 heavy (non-hydrogen) atoms. The zero-order valence-corrected chi connectivity index (χ0v) is 21.1. The predicted octanol–water partition coefficient (Wildman–Crippen LogP) is 2.97. The summed E-state index contributed by atoms with van der Waals surface area (Å²) in [5, 5.41) is 5.73. The Kier molecular flexibility index (Phi) is 8.58. The topological polar surface area (TPSA) is 114 Å². The van der Waals surface area contributed by atoms with Crippen molar-refractivity contribution in [3.63, 3.8) is 0 Å². The second-order valence-electron chi connectivity index (χ2n) is 8.96. The molecule has 0 radical (unpaired) electrons. The molecule has 1 heterocycles. The van der Waals surface area contributed by atoms with E-state index in [0.717, 1.165) is 25.7 Å². The molecule has 192 valence electrons. The summed E-state index contributed by atoms with van der Waals surface area (Å²) in [5.41, 5.74) is 1.02. The van der Waals surface area contributed by atoms with Crippen LogP contribution in [0.25, 0.3) is 0 Å². The molecule has 2 aromatic rings. The molecule has 0 bridgehead atoms. The Morgan fingerprint density at radius 1 is 1.00 bits per heavy atom. The van der Waals surface area contributed by atoms with Crippen LogP contribution in [0.3, 0.4) is 0 Å². The maximum absolute atomic E-state index is 13.3. The van der Waals surface area contributed by atoms with Crippen LogP contribution in [0.2, 0.25) is 0 Å². The number of carbonyl (C=O) groups is 3. The number of benzene rings is 2. The molecule has 0 spiro atoms. The Morgan fingerprint density at radius 3 is 2.47 bits per heavy atom. The van der Waals surface area contributed by atoms with Gasteiger partial charge in [0.1, 0.15) is 17.5 Å². The van der Waals surface area contributed by atoms with Gasteiger partial charge in [0, 0.05) is 34.3 Å². The van der Waals surface area contributed by atoms with Crippen molar-refractivity contribution < 1.29 is 28.1 Å². The third-order valence-electron chi connectivity index (χ3n) is 6.25. The van der Waals surface area contributed by atoms with Gasteiger partial charge in [-0.15, -0.1) is 0 Å². The van der Waals surface area contributed by atoms with Gasteiger partial charge in [0.2, 0.25) is 24.5 Å². The molecule has 1 saturated carbocycles. The average Bonchev–Trinajstić information content (AvgIpc) is 3.33. The fourth-order valence-corrected chi connectivity index (χ4v) is 5.32. The zero-order valence-electron chi connectivity index (χ0n) is 20.2. The number of hydrogen-bond donors (Lipinski definition) is 2. The molecular weight excluding hydrogens is 482 g/mol. The first-order valence-corrected chi connectivity index (χ1v) is 13.6. The number of nitrogens with one attached hydrogen (secondary N) is 2. The molecule has 2 aliphatic rings. The Hall–Kier alpha value is -3.40. The lowest BCUT2D eigenvalue weighted by molar-refractivity contribution is -0.126. The van der Waals surface area contributed by atoms with Crippen LogP contribution in [-0.2, 0) is 25.2 Å². The van der Waals surface area contributed by atoms with Gasteiger partial charge < -0.3 is 20.1 Å². The third kappa shape index (κ3) is 6.63. The Bertz CT molecular complexity index is 1120. The molecular formula is C26H31N3O6S. The summed E-state index contributed by atoms with van der Waals surface area (Å²) in [5.74, 6) is -0.856. The third-order valence-corrected chi connectivity index (χ3v) is 7.41. The van der Waals surface area contributed by atoms with Crippen LogP contribution in [0.1, 0.15) is 39.0 Å². The minimum atomic E-state index is -1.77. The highest BCUT2D eigenvalue weighted by molar-refractivity contribution is 7.86. The molecule has 1 fully saturated rings. The number of anilines is 2. The lowest BCUT2D eigenvalue weighted by Crippen LogP contribution is -2.52. The lowest BCUT2D eigenvalue weighted by atomic mass is 9.95. The van der Waals surface area contributed by atoms with Crippen LogP contribution in [0, 0.1) is 0 Å². The second kappa shape index (κ2) is 12.0. The first-order valence-electron chi connectivity index (χ1n) is 12.1. The van der Waals surface area contributed by atoms with Gasteiger partial charge in [-0.25, -0.2) is 0 Å². The SMILES string of the molecule is CC(C(=O)NC1CCCCC1)N(C(=O)CS(=O)CC(=O)Nc1ccc2c(c1)OCO2)c1ccccc1. The van der Waals surface area contributed by atoms with Crippen LogP contribution in [0.15, 0.2) is 48.5 Å². The number of rotatable bonds is 9. The number of hydrogen-bond acceptors (Lipinski definition) is 6. The molecule has 4 rings (SSSR count). The van der Waals surface area contributed by atoms with Crippen LogP contribution in [0.4, 0.5) is 11.4 Å². The first-order chi connectivity index (χ1) is 17.4. The van der Waals surface area contributed by atoms with E-state index in [4.69, 9.17) is 9.47 Å². The van der Waals surface area contributed by atoms with E-state index in [-0.39, 0.29) is 30.2 Å².